The Balaban J connectivity index is -0.000000480. The molecule has 0 aromatic heterocycles. The van der Waals surface area contributed by atoms with Gasteiger partial charge in [-0.05, 0) is 6.42 Å². The molecule has 1 aliphatic carbocycles. The van der Waals surface area contributed by atoms with Crippen molar-refractivity contribution in [3.63, 3.8) is 0 Å². The number of allylic oxidation sites excluding steroid dienone is 3. The summed E-state index contributed by atoms with van der Waals surface area (Å²) in [6.45, 7) is 4.65. The summed E-state index contributed by atoms with van der Waals surface area (Å²) < 4.78 is 5.44. The maximum atomic E-state index is 5.44. The van der Waals surface area contributed by atoms with Crippen molar-refractivity contribution < 1.29 is 51.3 Å². The van der Waals surface area contributed by atoms with Crippen LogP contribution in [0.2, 0.25) is 13.1 Å². The van der Waals surface area contributed by atoms with Gasteiger partial charge in [0.05, 0.1) is 8.80 Å². The van der Waals surface area contributed by atoms with E-state index in [1.807, 2.05) is 7.11 Å². The molecule has 1 rings (SSSR count). The fourth-order valence-corrected chi connectivity index (χ4v) is 2.67. The minimum atomic E-state index is -0.659. The summed E-state index contributed by atoms with van der Waals surface area (Å²) in [4.78, 5) is 0. The van der Waals surface area contributed by atoms with Crippen LogP contribution in [0.15, 0.2) is 17.7 Å². The minimum absolute atomic E-state index is 0. The van der Waals surface area contributed by atoms with Crippen LogP contribution in [0, 0.1) is 6.08 Å². The van der Waals surface area contributed by atoms with Gasteiger partial charge in [0.1, 0.15) is 0 Å². The van der Waals surface area contributed by atoms with Gasteiger partial charge in [0, 0.05) is 12.8 Å². The van der Waals surface area contributed by atoms with Crippen LogP contribution in [0.5, 0.6) is 0 Å². The predicted molar refractivity (Wildman–Crippen MR) is 54.8 cm³/mol. The van der Waals surface area contributed by atoms with Gasteiger partial charge in [-0.15, -0.1) is 6.42 Å². The first-order valence-corrected chi connectivity index (χ1v) is 7.50. The van der Waals surface area contributed by atoms with Gasteiger partial charge in [0.25, 0.3) is 0 Å². The molecule has 1 radical (unpaired) electrons. The first-order valence-electron chi connectivity index (χ1n) is 4.53. The average molecular weight is 300 g/mol. The number of hydrogen-bond acceptors (Lipinski definition) is 1. The Morgan fingerprint density at radius 2 is 2.07 bits per heavy atom. The number of ether oxygens (including phenoxy) is 1. The zero-order valence-corrected chi connectivity index (χ0v) is 13.6. The van der Waals surface area contributed by atoms with Gasteiger partial charge in [0.15, 0.2) is 0 Å². The fourth-order valence-electron chi connectivity index (χ4n) is 1.40. The van der Waals surface area contributed by atoms with E-state index < -0.39 is 8.80 Å². The molecular formula is C10H17Cl2OSiTi. The van der Waals surface area contributed by atoms with Crippen molar-refractivity contribution in [2.24, 2.45) is 0 Å². The maximum Gasteiger partial charge on any atom is 3.00 e. The van der Waals surface area contributed by atoms with Gasteiger partial charge in [-0.25, -0.2) is 11.6 Å². The summed E-state index contributed by atoms with van der Waals surface area (Å²) >= 11 is 0. The zero-order chi connectivity index (χ0) is 8.97. The topological polar surface area (TPSA) is 9.23 Å². The molecule has 5 heteroatoms. The van der Waals surface area contributed by atoms with E-state index in [1.165, 1.54) is 5.57 Å². The summed E-state index contributed by atoms with van der Waals surface area (Å²) in [6.07, 6.45) is 9.71. The van der Waals surface area contributed by atoms with E-state index in [-0.39, 0.29) is 46.5 Å². The molecule has 0 N–H and O–H groups in total. The monoisotopic (exact) mass is 299 g/mol. The molecule has 0 fully saturated rings. The number of rotatable bonds is 4. The number of halogens is 2. The molecule has 0 saturated heterocycles. The molecule has 0 bridgehead atoms. The smallest absolute Gasteiger partial charge is 1.00 e. The van der Waals surface area contributed by atoms with Crippen LogP contribution in [-0.2, 0) is 26.5 Å². The van der Waals surface area contributed by atoms with Crippen molar-refractivity contribution in [2.75, 3.05) is 7.11 Å². The second kappa shape index (κ2) is 11.4. The molecule has 1 aliphatic rings. The van der Waals surface area contributed by atoms with Gasteiger partial charge in [-0.3, -0.25) is 6.08 Å². The molecule has 1 unspecified atom stereocenters. The van der Waals surface area contributed by atoms with E-state index in [9.17, 15) is 0 Å². The van der Waals surface area contributed by atoms with E-state index in [0.717, 1.165) is 12.8 Å². The van der Waals surface area contributed by atoms with Gasteiger partial charge >= 0.3 is 21.7 Å². The Morgan fingerprint density at radius 1 is 1.47 bits per heavy atom. The van der Waals surface area contributed by atoms with Crippen molar-refractivity contribution in [2.45, 2.75) is 31.7 Å². The standard InChI is InChI=1S/C10H17OSi.2ClH.Ti/c1-11-10(12(2)3)8-9-6-4-5-7-9;;;/h4,6,10,12H,5,8H2,1-3H3;2*1H;/q-1;;;+3/p-2. The third kappa shape index (κ3) is 7.78. The molecule has 0 amide bonds. The van der Waals surface area contributed by atoms with Crippen molar-refractivity contribution in [3.8, 4) is 0 Å². The first-order chi connectivity index (χ1) is 5.74. The van der Waals surface area contributed by atoms with Crippen LogP contribution in [-0.4, -0.2) is 21.6 Å². The minimum Gasteiger partial charge on any atom is -1.00 e. The Morgan fingerprint density at radius 3 is 2.40 bits per heavy atom. The summed E-state index contributed by atoms with van der Waals surface area (Å²) in [5.74, 6) is 0. The van der Waals surface area contributed by atoms with Crippen LogP contribution < -0.4 is 24.8 Å². The van der Waals surface area contributed by atoms with Crippen molar-refractivity contribution in [1.82, 2.24) is 0 Å². The summed E-state index contributed by atoms with van der Waals surface area (Å²) in [5, 5.41) is 0. The first kappa shape index (κ1) is 21.3. The molecular weight excluding hydrogens is 283 g/mol. The summed E-state index contributed by atoms with van der Waals surface area (Å²) in [6, 6.07) is 0. The molecule has 1 nitrogen and oxygen atoms in total. The molecule has 0 heterocycles. The van der Waals surface area contributed by atoms with Crippen LogP contribution >= 0.6 is 0 Å². The Bertz CT molecular complexity index is 208. The Labute approximate surface area is 122 Å². The van der Waals surface area contributed by atoms with Crippen molar-refractivity contribution >= 4 is 8.80 Å². The van der Waals surface area contributed by atoms with Crippen LogP contribution in [0.25, 0.3) is 0 Å². The third-order valence-electron chi connectivity index (χ3n) is 2.23. The van der Waals surface area contributed by atoms with Gasteiger partial charge < -0.3 is 29.6 Å². The summed E-state index contributed by atoms with van der Waals surface area (Å²) in [5.41, 5.74) is 1.82. The van der Waals surface area contributed by atoms with Gasteiger partial charge in [-0.2, -0.15) is 6.08 Å². The average Bonchev–Trinajstić information content (AvgIpc) is 2.51. The predicted octanol–water partition coefficient (Wildman–Crippen LogP) is -3.89. The molecule has 1 atom stereocenters. The Hall–Kier alpha value is 0.951. The number of methoxy groups -OCH3 is 1. The van der Waals surface area contributed by atoms with E-state index in [1.54, 1.807) is 0 Å². The van der Waals surface area contributed by atoms with E-state index in [0.29, 0.717) is 5.73 Å². The summed E-state index contributed by atoms with van der Waals surface area (Å²) in [7, 11) is 1.16. The van der Waals surface area contributed by atoms with Crippen LogP contribution in [0.1, 0.15) is 12.8 Å². The van der Waals surface area contributed by atoms with Crippen molar-refractivity contribution in [1.29, 1.82) is 0 Å². The molecule has 0 spiro atoms. The molecule has 85 valence electrons. The third-order valence-corrected chi connectivity index (χ3v) is 4.23. The molecule has 0 aliphatic heterocycles. The van der Waals surface area contributed by atoms with Crippen LogP contribution in [0.3, 0.4) is 0 Å². The fraction of sp³-hybridized carbons (Fsp3) is 0.600. The van der Waals surface area contributed by atoms with E-state index in [4.69, 9.17) is 4.74 Å². The Kier molecular flexibility index (Phi) is 16.2. The van der Waals surface area contributed by atoms with Crippen molar-refractivity contribution in [3.05, 3.63) is 23.8 Å². The zero-order valence-electron chi connectivity index (χ0n) is 9.39. The largest absolute Gasteiger partial charge is 3.00 e. The van der Waals surface area contributed by atoms with Crippen LogP contribution in [0.4, 0.5) is 0 Å². The molecule has 0 aromatic rings. The molecule has 15 heavy (non-hydrogen) atoms. The molecule has 0 saturated carbocycles. The SMILES string of the molecule is COC(CC1=[C-]CC=C1)[SiH](C)C.[Cl-].[Cl-].[Ti+3]. The second-order valence-electron chi connectivity index (χ2n) is 3.53. The van der Waals surface area contributed by atoms with E-state index in [2.05, 4.69) is 31.3 Å². The number of hydrogen-bond donors (Lipinski definition) is 0. The van der Waals surface area contributed by atoms with Gasteiger partial charge in [0.2, 0.25) is 0 Å². The second-order valence-corrected chi connectivity index (χ2v) is 6.76. The van der Waals surface area contributed by atoms with Gasteiger partial charge in [-0.1, -0.05) is 13.1 Å². The normalized spacial score (nSPS) is 14.8. The maximum absolute atomic E-state index is 5.44. The van der Waals surface area contributed by atoms with E-state index >= 15 is 0 Å². The molecule has 0 aromatic carbocycles. The quantitative estimate of drug-likeness (QED) is 0.381.